The number of carboxylic acids is 1. The fraction of sp³-hybridized carbons (Fsp3) is 0.333. The van der Waals surface area contributed by atoms with Crippen LogP contribution in [0.2, 0.25) is 5.02 Å². The lowest BCUT2D eigenvalue weighted by Crippen LogP contribution is -2.12. The van der Waals surface area contributed by atoms with Gasteiger partial charge in [0.25, 0.3) is 0 Å². The highest BCUT2D eigenvalue weighted by Crippen LogP contribution is 2.26. The van der Waals surface area contributed by atoms with Crippen LogP contribution < -0.4 is 10.1 Å². The van der Waals surface area contributed by atoms with E-state index in [1.807, 2.05) is 0 Å². The highest BCUT2D eigenvalue weighted by atomic mass is 35.5. The molecule has 0 bridgehead atoms. The highest BCUT2D eigenvalue weighted by Gasteiger charge is 2.08. The van der Waals surface area contributed by atoms with Gasteiger partial charge in [0.15, 0.2) is 0 Å². The number of ether oxygens (including phenoxy) is 1. The van der Waals surface area contributed by atoms with Crippen LogP contribution in [0.15, 0.2) is 18.2 Å². The molecule has 1 aromatic carbocycles. The molecule has 0 saturated heterocycles. The Labute approximate surface area is 110 Å². The summed E-state index contributed by atoms with van der Waals surface area (Å²) < 4.78 is 5.02. The number of hydrogen-bond donors (Lipinski definition) is 2. The van der Waals surface area contributed by atoms with Crippen LogP contribution in [-0.2, 0) is 9.59 Å². The SMILES string of the molecule is COc1ccc(Cl)c(NC(=O)CCCC(=O)O)c1. The van der Waals surface area contributed by atoms with Crippen LogP contribution in [0.4, 0.5) is 5.69 Å². The number of anilines is 1. The van der Waals surface area contributed by atoms with E-state index in [2.05, 4.69) is 5.32 Å². The Morgan fingerprint density at radius 2 is 2.11 bits per heavy atom. The van der Waals surface area contributed by atoms with Crippen molar-refractivity contribution in [2.24, 2.45) is 0 Å². The second-order valence-corrected chi connectivity index (χ2v) is 4.05. The third-order valence-electron chi connectivity index (χ3n) is 2.24. The molecule has 0 aromatic heterocycles. The number of halogens is 1. The van der Waals surface area contributed by atoms with Crippen molar-refractivity contribution in [3.05, 3.63) is 23.2 Å². The highest BCUT2D eigenvalue weighted by molar-refractivity contribution is 6.33. The maximum absolute atomic E-state index is 11.5. The predicted molar refractivity (Wildman–Crippen MR) is 68.1 cm³/mol. The fourth-order valence-corrected chi connectivity index (χ4v) is 1.50. The Morgan fingerprint density at radius 1 is 1.39 bits per heavy atom. The lowest BCUT2D eigenvalue weighted by Gasteiger charge is -2.08. The first-order valence-electron chi connectivity index (χ1n) is 5.38. The van der Waals surface area contributed by atoms with Crippen LogP contribution in [0.5, 0.6) is 5.75 Å². The van der Waals surface area contributed by atoms with Gasteiger partial charge in [-0.15, -0.1) is 0 Å². The van der Waals surface area contributed by atoms with Gasteiger partial charge in [0.1, 0.15) is 5.75 Å². The van der Waals surface area contributed by atoms with Crippen molar-refractivity contribution in [3.8, 4) is 5.75 Å². The average Bonchev–Trinajstić information content (AvgIpc) is 2.31. The molecule has 0 aliphatic rings. The summed E-state index contributed by atoms with van der Waals surface area (Å²) in [4.78, 5) is 21.8. The Balaban J connectivity index is 2.55. The second-order valence-electron chi connectivity index (χ2n) is 3.64. The average molecular weight is 272 g/mol. The number of amides is 1. The van der Waals surface area contributed by atoms with E-state index in [4.69, 9.17) is 21.4 Å². The first-order chi connectivity index (χ1) is 8.52. The molecule has 0 unspecified atom stereocenters. The summed E-state index contributed by atoms with van der Waals surface area (Å²) in [6.45, 7) is 0. The van der Waals surface area contributed by atoms with Crippen molar-refractivity contribution in [1.82, 2.24) is 0 Å². The first kappa shape index (κ1) is 14.3. The van der Waals surface area contributed by atoms with Crippen molar-refractivity contribution in [1.29, 1.82) is 0 Å². The minimum atomic E-state index is -0.915. The van der Waals surface area contributed by atoms with Crippen LogP contribution >= 0.6 is 11.6 Å². The lowest BCUT2D eigenvalue weighted by molar-refractivity contribution is -0.137. The van der Waals surface area contributed by atoms with Gasteiger partial charge < -0.3 is 15.2 Å². The molecule has 1 rings (SSSR count). The molecule has 0 heterocycles. The maximum atomic E-state index is 11.5. The quantitative estimate of drug-likeness (QED) is 0.834. The maximum Gasteiger partial charge on any atom is 0.303 e. The van der Waals surface area contributed by atoms with Gasteiger partial charge in [0.2, 0.25) is 5.91 Å². The van der Waals surface area contributed by atoms with Gasteiger partial charge in [-0.1, -0.05) is 11.6 Å². The molecule has 6 heteroatoms. The summed E-state index contributed by atoms with van der Waals surface area (Å²) in [5.41, 5.74) is 0.455. The van der Waals surface area contributed by atoms with Crippen molar-refractivity contribution < 1.29 is 19.4 Å². The molecule has 0 fully saturated rings. The van der Waals surface area contributed by atoms with E-state index >= 15 is 0 Å². The molecule has 0 saturated carbocycles. The summed E-state index contributed by atoms with van der Waals surface area (Å²) >= 11 is 5.92. The van der Waals surface area contributed by atoms with Gasteiger partial charge in [-0.3, -0.25) is 9.59 Å². The summed E-state index contributed by atoms with van der Waals surface area (Å²) in [5, 5.41) is 11.5. The van der Waals surface area contributed by atoms with Gasteiger partial charge in [0.05, 0.1) is 17.8 Å². The van der Waals surface area contributed by atoms with Gasteiger partial charge in [-0.2, -0.15) is 0 Å². The fourth-order valence-electron chi connectivity index (χ4n) is 1.34. The summed E-state index contributed by atoms with van der Waals surface area (Å²) in [6.07, 6.45) is 0.405. The van der Waals surface area contributed by atoms with Gasteiger partial charge in [0, 0.05) is 18.9 Å². The second kappa shape index (κ2) is 6.86. The molecule has 1 amide bonds. The standard InChI is InChI=1S/C12H14ClNO4/c1-18-8-5-6-9(13)10(7-8)14-11(15)3-2-4-12(16)17/h5-7H,2-4H2,1H3,(H,14,15)(H,16,17). The molecule has 5 nitrogen and oxygen atoms in total. The number of aliphatic carboxylic acids is 1. The molecule has 0 radical (unpaired) electrons. The van der Waals surface area contributed by atoms with E-state index in [0.717, 1.165) is 0 Å². The third-order valence-corrected chi connectivity index (χ3v) is 2.57. The minimum absolute atomic E-state index is 0.0285. The van der Waals surface area contributed by atoms with E-state index in [1.54, 1.807) is 18.2 Å². The number of carbonyl (C=O) groups is 2. The number of hydrogen-bond acceptors (Lipinski definition) is 3. The largest absolute Gasteiger partial charge is 0.497 e. The van der Waals surface area contributed by atoms with Crippen LogP contribution in [-0.4, -0.2) is 24.1 Å². The zero-order valence-electron chi connectivity index (χ0n) is 9.90. The first-order valence-corrected chi connectivity index (χ1v) is 5.76. The minimum Gasteiger partial charge on any atom is -0.497 e. The number of methoxy groups -OCH3 is 1. The molecule has 0 aliphatic carbocycles. The Bertz CT molecular complexity index is 448. The van der Waals surface area contributed by atoms with E-state index in [9.17, 15) is 9.59 Å². The van der Waals surface area contributed by atoms with Crippen LogP contribution in [0, 0.1) is 0 Å². The van der Waals surface area contributed by atoms with Gasteiger partial charge in [-0.25, -0.2) is 0 Å². The summed E-state index contributed by atoms with van der Waals surface area (Å²) in [5.74, 6) is -0.603. The third kappa shape index (κ3) is 4.63. The van der Waals surface area contributed by atoms with Crippen LogP contribution in [0.1, 0.15) is 19.3 Å². The van der Waals surface area contributed by atoms with E-state index in [-0.39, 0.29) is 18.7 Å². The Hall–Kier alpha value is -1.75. The molecule has 18 heavy (non-hydrogen) atoms. The molecule has 2 N–H and O–H groups in total. The Kier molecular flexibility index (Phi) is 5.45. The topological polar surface area (TPSA) is 75.6 Å². The molecule has 98 valence electrons. The smallest absolute Gasteiger partial charge is 0.303 e. The number of carboxylic acid groups (broad SMARTS) is 1. The Morgan fingerprint density at radius 3 is 2.72 bits per heavy atom. The predicted octanol–water partition coefficient (Wildman–Crippen LogP) is 2.54. The number of rotatable bonds is 6. The van der Waals surface area contributed by atoms with Crippen molar-refractivity contribution in [2.75, 3.05) is 12.4 Å². The zero-order valence-corrected chi connectivity index (χ0v) is 10.7. The van der Waals surface area contributed by atoms with Crippen molar-refractivity contribution >= 4 is 29.2 Å². The van der Waals surface area contributed by atoms with Crippen LogP contribution in [0.3, 0.4) is 0 Å². The normalized spacial score (nSPS) is 9.89. The molecule has 0 aliphatic heterocycles. The number of benzene rings is 1. The van der Waals surface area contributed by atoms with E-state index in [0.29, 0.717) is 22.9 Å². The molecular weight excluding hydrogens is 258 g/mol. The summed E-state index contributed by atoms with van der Waals surface area (Å²) in [7, 11) is 1.52. The monoisotopic (exact) mass is 271 g/mol. The number of carbonyl (C=O) groups excluding carboxylic acids is 1. The molecular formula is C12H14ClNO4. The lowest BCUT2D eigenvalue weighted by atomic mass is 10.2. The van der Waals surface area contributed by atoms with Gasteiger partial charge in [-0.05, 0) is 18.6 Å². The summed E-state index contributed by atoms with van der Waals surface area (Å²) in [6, 6.07) is 4.91. The van der Waals surface area contributed by atoms with E-state index < -0.39 is 5.97 Å². The zero-order chi connectivity index (χ0) is 13.5. The van der Waals surface area contributed by atoms with Crippen molar-refractivity contribution in [2.45, 2.75) is 19.3 Å². The van der Waals surface area contributed by atoms with Crippen LogP contribution in [0.25, 0.3) is 0 Å². The van der Waals surface area contributed by atoms with Crippen molar-refractivity contribution in [3.63, 3.8) is 0 Å². The molecule has 0 atom stereocenters. The van der Waals surface area contributed by atoms with E-state index in [1.165, 1.54) is 7.11 Å². The number of nitrogens with one attached hydrogen (secondary N) is 1. The molecule has 0 spiro atoms. The molecule has 1 aromatic rings. The van der Waals surface area contributed by atoms with Gasteiger partial charge >= 0.3 is 5.97 Å².